The fraction of sp³-hybridized carbons (Fsp3) is 0.733. The van der Waals surface area contributed by atoms with Gasteiger partial charge in [0.2, 0.25) is 0 Å². The third-order valence-electron chi connectivity index (χ3n) is 3.32. The highest BCUT2D eigenvalue weighted by Gasteiger charge is 2.28. The summed E-state index contributed by atoms with van der Waals surface area (Å²) in [4.78, 5) is 23.7. The standard InChI is InChI=1S/C15H24O3/c1-4-5-6-7-8-9-13(16)14-11(2)10-12(3)18-15(14)17/h12H,4-10H2,1-3H3/t12-/m0/s1. The third kappa shape index (κ3) is 4.28. The fourth-order valence-corrected chi connectivity index (χ4v) is 2.36. The summed E-state index contributed by atoms with van der Waals surface area (Å²) in [5.74, 6) is -0.467. The number of cyclic esters (lactones) is 1. The molecular formula is C15H24O3. The molecule has 0 radical (unpaired) electrons. The number of carbonyl (C=O) groups is 2. The molecule has 102 valence electrons. The number of rotatable bonds is 7. The number of unbranched alkanes of at least 4 members (excludes halogenated alkanes) is 4. The summed E-state index contributed by atoms with van der Waals surface area (Å²) in [6, 6.07) is 0. The molecule has 1 heterocycles. The molecule has 3 nitrogen and oxygen atoms in total. The van der Waals surface area contributed by atoms with Crippen molar-refractivity contribution < 1.29 is 14.3 Å². The van der Waals surface area contributed by atoms with Crippen LogP contribution in [0.3, 0.4) is 0 Å². The van der Waals surface area contributed by atoms with Crippen LogP contribution in [0.5, 0.6) is 0 Å². The molecule has 1 aliphatic heterocycles. The quantitative estimate of drug-likeness (QED) is 0.395. The van der Waals surface area contributed by atoms with E-state index in [1.807, 2.05) is 13.8 Å². The van der Waals surface area contributed by atoms with Crippen LogP contribution >= 0.6 is 0 Å². The smallest absolute Gasteiger partial charge is 0.341 e. The van der Waals surface area contributed by atoms with Crippen LogP contribution in [-0.4, -0.2) is 17.9 Å². The molecule has 0 saturated carbocycles. The summed E-state index contributed by atoms with van der Waals surface area (Å²) in [5.41, 5.74) is 1.20. The highest BCUT2D eigenvalue weighted by atomic mass is 16.5. The normalized spacial score (nSPS) is 19.9. The molecule has 0 aromatic rings. The highest BCUT2D eigenvalue weighted by Crippen LogP contribution is 2.23. The lowest BCUT2D eigenvalue weighted by Crippen LogP contribution is -2.27. The van der Waals surface area contributed by atoms with E-state index < -0.39 is 5.97 Å². The van der Waals surface area contributed by atoms with E-state index in [1.54, 1.807) is 0 Å². The van der Waals surface area contributed by atoms with Crippen molar-refractivity contribution in [3.8, 4) is 0 Å². The molecule has 3 heteroatoms. The molecule has 0 unspecified atom stereocenters. The number of hydrogen-bond acceptors (Lipinski definition) is 3. The molecule has 0 amide bonds. The molecule has 0 aromatic heterocycles. The van der Waals surface area contributed by atoms with Crippen LogP contribution in [0.4, 0.5) is 0 Å². The van der Waals surface area contributed by atoms with Gasteiger partial charge in [0.25, 0.3) is 0 Å². The first-order valence-corrected chi connectivity index (χ1v) is 7.00. The summed E-state index contributed by atoms with van der Waals surface area (Å²) in [6.07, 6.45) is 6.58. The predicted molar refractivity (Wildman–Crippen MR) is 71.3 cm³/mol. The lowest BCUT2D eigenvalue weighted by molar-refractivity contribution is -0.146. The summed E-state index contributed by atoms with van der Waals surface area (Å²) in [5, 5.41) is 0. The minimum Gasteiger partial charge on any atom is -0.459 e. The summed E-state index contributed by atoms with van der Waals surface area (Å²) < 4.78 is 5.12. The molecule has 1 atom stereocenters. The van der Waals surface area contributed by atoms with Crippen molar-refractivity contribution in [3.63, 3.8) is 0 Å². The Balaban J connectivity index is 2.45. The van der Waals surface area contributed by atoms with Crippen LogP contribution in [0.25, 0.3) is 0 Å². The zero-order valence-corrected chi connectivity index (χ0v) is 11.8. The second-order valence-electron chi connectivity index (χ2n) is 5.16. The molecule has 0 N–H and O–H groups in total. The number of ether oxygens (including phenoxy) is 1. The van der Waals surface area contributed by atoms with Crippen LogP contribution < -0.4 is 0 Å². The number of esters is 1. The highest BCUT2D eigenvalue weighted by molar-refractivity contribution is 6.18. The Hall–Kier alpha value is -1.12. The van der Waals surface area contributed by atoms with Gasteiger partial charge in [-0.15, -0.1) is 0 Å². The van der Waals surface area contributed by atoms with Gasteiger partial charge in [-0.1, -0.05) is 38.2 Å². The Morgan fingerprint density at radius 2 is 1.94 bits per heavy atom. The first-order chi connectivity index (χ1) is 8.56. The maximum atomic E-state index is 12.0. The van der Waals surface area contributed by atoms with E-state index in [0.717, 1.165) is 18.4 Å². The molecule has 1 aliphatic rings. The second kappa shape index (κ2) is 7.34. The zero-order valence-electron chi connectivity index (χ0n) is 11.8. The van der Waals surface area contributed by atoms with Crippen LogP contribution in [0, 0.1) is 0 Å². The van der Waals surface area contributed by atoms with Crippen molar-refractivity contribution in [2.24, 2.45) is 0 Å². The van der Waals surface area contributed by atoms with E-state index in [4.69, 9.17) is 4.74 Å². The van der Waals surface area contributed by atoms with Gasteiger partial charge in [-0.3, -0.25) is 4.79 Å². The van der Waals surface area contributed by atoms with Crippen molar-refractivity contribution in [2.75, 3.05) is 0 Å². The third-order valence-corrected chi connectivity index (χ3v) is 3.32. The van der Waals surface area contributed by atoms with Gasteiger partial charge in [0, 0.05) is 12.8 Å². The largest absolute Gasteiger partial charge is 0.459 e. The Morgan fingerprint density at radius 3 is 2.56 bits per heavy atom. The van der Waals surface area contributed by atoms with Gasteiger partial charge in [0.15, 0.2) is 5.78 Å². The number of carbonyl (C=O) groups excluding carboxylic acids is 2. The Bertz CT molecular complexity index is 342. The molecule has 0 bridgehead atoms. The van der Waals surface area contributed by atoms with Gasteiger partial charge >= 0.3 is 5.97 Å². The van der Waals surface area contributed by atoms with Gasteiger partial charge in [0.1, 0.15) is 11.7 Å². The van der Waals surface area contributed by atoms with Gasteiger partial charge in [-0.25, -0.2) is 4.79 Å². The van der Waals surface area contributed by atoms with E-state index in [-0.39, 0.29) is 11.9 Å². The molecule has 0 aromatic carbocycles. The Labute approximate surface area is 110 Å². The predicted octanol–water partition coefficient (Wildman–Crippen LogP) is 3.57. The summed E-state index contributed by atoms with van der Waals surface area (Å²) >= 11 is 0. The van der Waals surface area contributed by atoms with E-state index in [2.05, 4.69) is 6.92 Å². The summed E-state index contributed by atoms with van der Waals surface area (Å²) in [7, 11) is 0. The Morgan fingerprint density at radius 1 is 1.28 bits per heavy atom. The molecule has 0 aliphatic carbocycles. The van der Waals surface area contributed by atoms with Gasteiger partial charge in [-0.2, -0.15) is 0 Å². The lowest BCUT2D eigenvalue weighted by atomic mass is 9.95. The maximum Gasteiger partial charge on any atom is 0.341 e. The van der Waals surface area contributed by atoms with E-state index in [0.29, 0.717) is 18.4 Å². The average molecular weight is 252 g/mol. The number of Topliss-reactive ketones (excluding diaryl/α,β-unsaturated/α-hetero) is 1. The van der Waals surface area contributed by atoms with Crippen molar-refractivity contribution in [1.29, 1.82) is 0 Å². The number of ketones is 1. The van der Waals surface area contributed by atoms with Crippen LogP contribution in [0.15, 0.2) is 11.1 Å². The molecule has 0 spiro atoms. The van der Waals surface area contributed by atoms with Crippen molar-refractivity contribution in [3.05, 3.63) is 11.1 Å². The van der Waals surface area contributed by atoms with Gasteiger partial charge in [0.05, 0.1) is 0 Å². The van der Waals surface area contributed by atoms with Crippen molar-refractivity contribution in [2.45, 2.75) is 71.8 Å². The first-order valence-electron chi connectivity index (χ1n) is 7.00. The van der Waals surface area contributed by atoms with Gasteiger partial charge < -0.3 is 4.74 Å². The monoisotopic (exact) mass is 252 g/mol. The van der Waals surface area contributed by atoms with Crippen LogP contribution in [0.1, 0.15) is 65.7 Å². The topological polar surface area (TPSA) is 43.4 Å². The van der Waals surface area contributed by atoms with Gasteiger partial charge in [-0.05, 0) is 20.3 Å². The lowest BCUT2D eigenvalue weighted by Gasteiger charge is -2.22. The van der Waals surface area contributed by atoms with Crippen molar-refractivity contribution in [1.82, 2.24) is 0 Å². The summed E-state index contributed by atoms with van der Waals surface area (Å²) in [6.45, 7) is 5.88. The molecule has 0 saturated heterocycles. The minimum atomic E-state index is -0.426. The maximum absolute atomic E-state index is 12.0. The molecular weight excluding hydrogens is 228 g/mol. The Kier molecular flexibility index (Phi) is 6.10. The van der Waals surface area contributed by atoms with Crippen LogP contribution in [0.2, 0.25) is 0 Å². The minimum absolute atomic E-state index is 0.0408. The fourth-order valence-electron chi connectivity index (χ4n) is 2.36. The average Bonchev–Trinajstić information content (AvgIpc) is 2.27. The molecule has 1 rings (SSSR count). The van der Waals surface area contributed by atoms with E-state index >= 15 is 0 Å². The number of hydrogen-bond donors (Lipinski definition) is 0. The van der Waals surface area contributed by atoms with E-state index in [1.165, 1.54) is 19.3 Å². The first kappa shape index (κ1) is 14.9. The second-order valence-corrected chi connectivity index (χ2v) is 5.16. The molecule has 18 heavy (non-hydrogen) atoms. The molecule has 0 fully saturated rings. The van der Waals surface area contributed by atoms with Crippen LogP contribution in [-0.2, 0) is 14.3 Å². The zero-order chi connectivity index (χ0) is 13.5. The van der Waals surface area contributed by atoms with Crippen molar-refractivity contribution >= 4 is 11.8 Å². The van der Waals surface area contributed by atoms with E-state index in [9.17, 15) is 9.59 Å². The SMILES string of the molecule is CCCCCCCC(=O)C1=C(C)C[C@H](C)OC1=O.